The third-order valence-corrected chi connectivity index (χ3v) is 14.5. The number of esters is 3. The standard InChI is InChI=1S/C66H117O11P/c1-4-7-10-13-16-19-22-25-27-29-31-33-35-38-40-43-46-49-52-55-64(68)73-59-63(77-66(70)57-54-51-48-45-42-39-36-34-32-30-28-26-23-20-17-14-11-8-5-2)61-75-78(71,72)74-60-62(58-67)76-65(69)56-53-50-47-44-41-37-24-21-18-15-12-9-6-3/h8,11-12,15,17,20-21,24,26,28,32,34,62-63,67H,4-7,9-10,13-14,16,18-19,22-23,25,27,29-31,33,35-61H2,1-3H3,(H,71,72)/b11-8-,15-12-,20-17-,24-21-,28-26-,34-32-. The molecule has 0 aliphatic heterocycles. The molecule has 78 heavy (non-hydrogen) atoms. The third-order valence-electron chi connectivity index (χ3n) is 13.6. The molecule has 3 atom stereocenters. The van der Waals surface area contributed by atoms with Gasteiger partial charge in [0.1, 0.15) is 12.7 Å². The van der Waals surface area contributed by atoms with Gasteiger partial charge < -0.3 is 24.2 Å². The molecule has 0 fully saturated rings. The van der Waals surface area contributed by atoms with E-state index in [1.165, 1.54) is 103 Å². The molecule has 11 nitrogen and oxygen atoms in total. The number of hydrogen-bond donors (Lipinski definition) is 2. The minimum Gasteiger partial charge on any atom is -0.462 e. The number of aliphatic hydroxyl groups is 1. The molecule has 2 N–H and O–H groups in total. The van der Waals surface area contributed by atoms with Crippen molar-refractivity contribution in [3.8, 4) is 0 Å². The van der Waals surface area contributed by atoms with Gasteiger partial charge in [0.25, 0.3) is 0 Å². The van der Waals surface area contributed by atoms with Gasteiger partial charge in [0.05, 0.1) is 19.8 Å². The maximum Gasteiger partial charge on any atom is 0.472 e. The minimum atomic E-state index is -4.76. The fourth-order valence-corrected chi connectivity index (χ4v) is 9.58. The summed E-state index contributed by atoms with van der Waals surface area (Å²) in [5.41, 5.74) is 0. The molecule has 0 amide bonds. The summed E-state index contributed by atoms with van der Waals surface area (Å²) in [6, 6.07) is 0. The summed E-state index contributed by atoms with van der Waals surface area (Å²) in [5.74, 6) is -1.48. The summed E-state index contributed by atoms with van der Waals surface area (Å²) in [5, 5.41) is 9.83. The lowest BCUT2D eigenvalue weighted by Crippen LogP contribution is -2.30. The van der Waals surface area contributed by atoms with Crippen LogP contribution in [0.5, 0.6) is 0 Å². The Kier molecular flexibility index (Phi) is 57.7. The smallest absolute Gasteiger partial charge is 0.462 e. The van der Waals surface area contributed by atoms with Crippen LogP contribution in [0.15, 0.2) is 72.9 Å². The van der Waals surface area contributed by atoms with E-state index in [1.54, 1.807) is 0 Å². The van der Waals surface area contributed by atoms with Crippen molar-refractivity contribution < 1.29 is 52.2 Å². The first kappa shape index (κ1) is 74.9. The number of hydrogen-bond acceptors (Lipinski definition) is 10. The molecule has 3 unspecified atom stereocenters. The van der Waals surface area contributed by atoms with Crippen LogP contribution in [0.25, 0.3) is 0 Å². The fraction of sp³-hybridized carbons (Fsp3) is 0.773. The summed E-state index contributed by atoms with van der Waals surface area (Å²) in [6.07, 6.45) is 68.6. The van der Waals surface area contributed by atoms with E-state index in [1.807, 2.05) is 0 Å². The topological polar surface area (TPSA) is 155 Å². The highest BCUT2D eigenvalue weighted by Gasteiger charge is 2.28. The molecule has 0 spiro atoms. The molecule has 0 radical (unpaired) electrons. The molecule has 0 saturated heterocycles. The predicted octanol–water partition coefficient (Wildman–Crippen LogP) is 19.3. The van der Waals surface area contributed by atoms with Crippen LogP contribution in [0.2, 0.25) is 0 Å². The van der Waals surface area contributed by atoms with E-state index in [0.29, 0.717) is 19.3 Å². The maximum atomic E-state index is 13.0. The van der Waals surface area contributed by atoms with Crippen LogP contribution < -0.4 is 0 Å². The highest BCUT2D eigenvalue weighted by Crippen LogP contribution is 2.43. The van der Waals surface area contributed by atoms with E-state index >= 15 is 0 Å². The first-order chi connectivity index (χ1) is 38.2. The maximum absolute atomic E-state index is 13.0. The monoisotopic (exact) mass is 1120 g/mol. The molecule has 0 saturated carbocycles. The number of rotatable bonds is 59. The number of allylic oxidation sites excluding steroid dienone is 12. The highest BCUT2D eigenvalue weighted by atomic mass is 31.2. The highest BCUT2D eigenvalue weighted by molar-refractivity contribution is 7.47. The molecule has 0 heterocycles. The van der Waals surface area contributed by atoms with Crippen molar-refractivity contribution in [1.82, 2.24) is 0 Å². The molecule has 12 heteroatoms. The molecule has 0 rings (SSSR count). The molecule has 452 valence electrons. The normalized spacial score (nSPS) is 13.8. The zero-order valence-electron chi connectivity index (χ0n) is 50.1. The van der Waals surface area contributed by atoms with Gasteiger partial charge in [0, 0.05) is 19.3 Å². The van der Waals surface area contributed by atoms with Crippen LogP contribution in [0.3, 0.4) is 0 Å². The van der Waals surface area contributed by atoms with Crippen LogP contribution in [0.4, 0.5) is 0 Å². The molecule has 0 bridgehead atoms. The van der Waals surface area contributed by atoms with Gasteiger partial charge in [-0.1, -0.05) is 261 Å². The Morgan fingerprint density at radius 3 is 1.08 bits per heavy atom. The number of unbranched alkanes of at least 4 members (excludes halogenated alkanes) is 30. The van der Waals surface area contributed by atoms with Crippen molar-refractivity contribution >= 4 is 25.7 Å². The Morgan fingerprint density at radius 2 is 0.692 bits per heavy atom. The number of aliphatic hydroxyl groups excluding tert-OH is 1. The van der Waals surface area contributed by atoms with E-state index in [4.69, 9.17) is 23.3 Å². The quantitative estimate of drug-likeness (QED) is 0.0197. The van der Waals surface area contributed by atoms with Crippen molar-refractivity contribution in [2.75, 3.05) is 26.4 Å². The molecular weight excluding hydrogens is 1000 g/mol. The molecule has 0 aliphatic carbocycles. The molecular formula is C66H117O11P. The van der Waals surface area contributed by atoms with Gasteiger partial charge in [-0.05, 0) is 83.5 Å². The second kappa shape index (κ2) is 60.0. The van der Waals surface area contributed by atoms with E-state index in [0.717, 1.165) is 128 Å². The van der Waals surface area contributed by atoms with Gasteiger partial charge in [-0.25, -0.2) is 4.57 Å². The SMILES string of the molecule is CC/C=C\C/C=C\C/C=C\C/C=C\CCCCCCCCC(=O)OC(COC(=O)CCCCCCCCCCCCCCCCCCCCC)COP(=O)(O)OCC(CO)OC(=O)CCCCCCC/C=C\C/C=C\CCC. The van der Waals surface area contributed by atoms with E-state index in [-0.39, 0.29) is 25.9 Å². The number of phosphoric acid groups is 1. The van der Waals surface area contributed by atoms with Crippen LogP contribution >= 0.6 is 7.82 Å². The van der Waals surface area contributed by atoms with Gasteiger partial charge >= 0.3 is 25.7 Å². The Balaban J connectivity index is 4.72. The average molecular weight is 1120 g/mol. The van der Waals surface area contributed by atoms with Gasteiger partial charge in [0.15, 0.2) is 6.10 Å². The lowest BCUT2D eigenvalue weighted by molar-refractivity contribution is -0.161. The second-order valence-corrected chi connectivity index (χ2v) is 22.7. The Morgan fingerprint density at radius 1 is 0.372 bits per heavy atom. The van der Waals surface area contributed by atoms with Crippen molar-refractivity contribution in [3.05, 3.63) is 72.9 Å². The Labute approximate surface area is 478 Å². The van der Waals surface area contributed by atoms with Crippen LogP contribution in [0, 0.1) is 0 Å². The average Bonchev–Trinajstić information content (AvgIpc) is 3.43. The number of ether oxygens (including phenoxy) is 3. The first-order valence-corrected chi connectivity index (χ1v) is 33.3. The van der Waals surface area contributed by atoms with Gasteiger partial charge in [-0.2, -0.15) is 0 Å². The molecule has 0 aliphatic rings. The second-order valence-electron chi connectivity index (χ2n) is 21.2. The van der Waals surface area contributed by atoms with Crippen molar-refractivity contribution in [2.45, 2.75) is 303 Å². The third kappa shape index (κ3) is 57.6. The predicted molar refractivity (Wildman–Crippen MR) is 325 cm³/mol. The Bertz CT molecular complexity index is 1590. The van der Waals surface area contributed by atoms with Crippen LogP contribution in [0.1, 0.15) is 290 Å². The summed E-state index contributed by atoms with van der Waals surface area (Å²) >= 11 is 0. The summed E-state index contributed by atoms with van der Waals surface area (Å²) in [6.45, 7) is 4.48. The van der Waals surface area contributed by atoms with Crippen molar-refractivity contribution in [1.29, 1.82) is 0 Å². The van der Waals surface area contributed by atoms with Crippen molar-refractivity contribution in [3.63, 3.8) is 0 Å². The van der Waals surface area contributed by atoms with E-state index in [2.05, 4.69) is 93.7 Å². The van der Waals surface area contributed by atoms with Crippen LogP contribution in [-0.2, 0) is 42.2 Å². The fourth-order valence-electron chi connectivity index (χ4n) is 8.80. The summed E-state index contributed by atoms with van der Waals surface area (Å²) in [4.78, 5) is 48.7. The van der Waals surface area contributed by atoms with Gasteiger partial charge in [0.2, 0.25) is 0 Å². The van der Waals surface area contributed by atoms with Gasteiger partial charge in [-0.15, -0.1) is 0 Å². The first-order valence-electron chi connectivity index (χ1n) is 31.8. The molecule has 0 aromatic carbocycles. The molecule has 0 aromatic rings. The Hall–Kier alpha value is -3.08. The lowest BCUT2D eigenvalue weighted by atomic mass is 10.0. The van der Waals surface area contributed by atoms with Gasteiger partial charge in [-0.3, -0.25) is 23.4 Å². The van der Waals surface area contributed by atoms with Crippen molar-refractivity contribution in [2.24, 2.45) is 0 Å². The zero-order chi connectivity index (χ0) is 56.9. The number of phosphoric ester groups is 1. The van der Waals surface area contributed by atoms with E-state index < -0.39 is 57.8 Å². The molecule has 0 aromatic heterocycles. The minimum absolute atomic E-state index is 0.150. The van der Waals surface area contributed by atoms with E-state index in [9.17, 15) is 28.9 Å². The number of carbonyl (C=O) groups excluding carboxylic acids is 3. The number of carbonyl (C=O) groups is 3. The lowest BCUT2D eigenvalue weighted by Gasteiger charge is -2.21. The largest absolute Gasteiger partial charge is 0.472 e. The van der Waals surface area contributed by atoms with Crippen LogP contribution in [-0.4, -0.2) is 66.5 Å². The summed E-state index contributed by atoms with van der Waals surface area (Å²) < 4.78 is 39.6. The zero-order valence-corrected chi connectivity index (χ0v) is 51.0. The summed E-state index contributed by atoms with van der Waals surface area (Å²) in [7, 11) is -4.76.